The summed E-state index contributed by atoms with van der Waals surface area (Å²) >= 11 is 5.89. The third-order valence-electron chi connectivity index (χ3n) is 6.70. The van der Waals surface area contributed by atoms with Crippen LogP contribution < -0.4 is 21.3 Å². The monoisotopic (exact) mass is 543 g/mol. The Balaban J connectivity index is 1.59. The predicted octanol–water partition coefficient (Wildman–Crippen LogP) is 2.91. The second kappa shape index (κ2) is 10.6. The molecule has 0 saturated carbocycles. The molecule has 0 spiro atoms. The van der Waals surface area contributed by atoms with Crippen molar-refractivity contribution < 1.29 is 27.2 Å². The number of likely N-dealkylation sites (tertiary alicyclic amines) is 1. The number of carbonyl (C=O) groups excluding carboxylic acids is 2. The highest BCUT2D eigenvalue weighted by atomic mass is 35.5. The van der Waals surface area contributed by atoms with E-state index in [1.165, 1.54) is 13.1 Å². The third kappa shape index (κ3) is 5.65. The number of benzene rings is 1. The van der Waals surface area contributed by atoms with Gasteiger partial charge in [0.15, 0.2) is 11.6 Å². The molecule has 3 heterocycles. The summed E-state index contributed by atoms with van der Waals surface area (Å²) in [5.41, 5.74) is 4.72. The maximum Gasteiger partial charge on any atom is 0.416 e. The SMILES string of the molecule is CNC(=O)[C@@H]1CCN(c2ncnc(N)c2F)C[C@H]1N1CCC[C@H](Nc2cc(Cl)cc(C(F)(F)F)c2)C1=O. The van der Waals surface area contributed by atoms with Gasteiger partial charge in [-0.2, -0.15) is 17.6 Å². The van der Waals surface area contributed by atoms with Crippen molar-refractivity contribution in [1.29, 1.82) is 0 Å². The van der Waals surface area contributed by atoms with Crippen molar-refractivity contribution in [2.75, 3.05) is 42.6 Å². The van der Waals surface area contributed by atoms with Crippen LogP contribution in [-0.2, 0) is 15.8 Å². The highest BCUT2D eigenvalue weighted by molar-refractivity contribution is 6.31. The molecule has 2 aliphatic rings. The first kappa shape index (κ1) is 26.7. The van der Waals surface area contributed by atoms with Crippen molar-refractivity contribution in [1.82, 2.24) is 20.2 Å². The Labute approximate surface area is 215 Å². The van der Waals surface area contributed by atoms with Gasteiger partial charge in [0.05, 0.1) is 17.5 Å². The van der Waals surface area contributed by atoms with E-state index in [0.29, 0.717) is 32.4 Å². The van der Waals surface area contributed by atoms with Gasteiger partial charge in [0.25, 0.3) is 0 Å². The molecule has 2 amide bonds. The van der Waals surface area contributed by atoms with Crippen molar-refractivity contribution in [2.45, 2.75) is 37.5 Å². The Kier molecular flexibility index (Phi) is 7.62. The van der Waals surface area contributed by atoms with E-state index in [1.807, 2.05) is 0 Å². The van der Waals surface area contributed by atoms with Gasteiger partial charge in [-0.3, -0.25) is 9.59 Å². The largest absolute Gasteiger partial charge is 0.416 e. The number of aromatic nitrogens is 2. The molecule has 2 aliphatic heterocycles. The Hall–Kier alpha value is -3.35. The summed E-state index contributed by atoms with van der Waals surface area (Å²) in [6, 6.07) is 1.56. The Morgan fingerprint density at radius 1 is 1.19 bits per heavy atom. The quantitative estimate of drug-likeness (QED) is 0.497. The fraction of sp³-hybridized carbons (Fsp3) is 0.478. The first-order chi connectivity index (χ1) is 17.5. The molecule has 0 radical (unpaired) electrons. The predicted molar refractivity (Wildman–Crippen MR) is 129 cm³/mol. The van der Waals surface area contributed by atoms with Gasteiger partial charge in [-0.1, -0.05) is 11.6 Å². The molecule has 200 valence electrons. The van der Waals surface area contributed by atoms with Crippen molar-refractivity contribution in [3.8, 4) is 0 Å². The molecule has 2 saturated heterocycles. The second-order valence-electron chi connectivity index (χ2n) is 9.02. The smallest absolute Gasteiger partial charge is 0.381 e. The van der Waals surface area contributed by atoms with Gasteiger partial charge < -0.3 is 26.2 Å². The van der Waals surface area contributed by atoms with Gasteiger partial charge in [0, 0.05) is 37.4 Å². The van der Waals surface area contributed by atoms with E-state index in [1.54, 1.807) is 9.80 Å². The minimum atomic E-state index is -4.60. The zero-order valence-corrected chi connectivity index (χ0v) is 20.6. The van der Waals surface area contributed by atoms with Gasteiger partial charge in [-0.15, -0.1) is 0 Å². The van der Waals surface area contributed by atoms with Crippen molar-refractivity contribution in [3.05, 3.63) is 40.9 Å². The zero-order chi connectivity index (χ0) is 26.9. The summed E-state index contributed by atoms with van der Waals surface area (Å²) in [6.07, 6.45) is -2.22. The molecular formula is C23H26ClF4N7O2. The lowest BCUT2D eigenvalue weighted by Gasteiger charge is -2.46. The number of rotatable bonds is 5. The lowest BCUT2D eigenvalue weighted by molar-refractivity contribution is -0.140. The minimum absolute atomic E-state index is 0.0226. The molecule has 4 rings (SSSR count). The topological polar surface area (TPSA) is 116 Å². The van der Waals surface area contributed by atoms with Crippen LogP contribution in [-0.4, -0.2) is 65.4 Å². The third-order valence-corrected chi connectivity index (χ3v) is 6.92. The number of alkyl halides is 3. The number of piperidine rings is 2. The van der Waals surface area contributed by atoms with E-state index < -0.39 is 35.6 Å². The average Bonchev–Trinajstić information content (AvgIpc) is 2.85. The number of anilines is 3. The Morgan fingerprint density at radius 3 is 2.65 bits per heavy atom. The molecule has 0 aliphatic carbocycles. The zero-order valence-electron chi connectivity index (χ0n) is 19.9. The number of carbonyl (C=O) groups is 2. The van der Waals surface area contributed by atoms with Crippen LogP contribution in [0.1, 0.15) is 24.8 Å². The number of amides is 2. The molecular weight excluding hydrogens is 518 g/mol. The number of nitrogens with zero attached hydrogens (tertiary/aromatic N) is 4. The number of hydrogen-bond acceptors (Lipinski definition) is 7. The molecule has 14 heteroatoms. The Morgan fingerprint density at radius 2 is 1.95 bits per heavy atom. The summed E-state index contributed by atoms with van der Waals surface area (Å²) in [4.78, 5) is 37.1. The number of nitrogen functional groups attached to an aromatic ring is 1. The Bertz CT molecular complexity index is 1180. The maximum absolute atomic E-state index is 14.7. The molecule has 0 unspecified atom stereocenters. The molecule has 37 heavy (non-hydrogen) atoms. The van der Waals surface area contributed by atoms with Crippen molar-refractivity contribution >= 4 is 40.7 Å². The summed E-state index contributed by atoms with van der Waals surface area (Å²) in [5.74, 6) is -2.33. The summed E-state index contributed by atoms with van der Waals surface area (Å²) < 4.78 is 54.4. The van der Waals surface area contributed by atoms with Gasteiger partial charge >= 0.3 is 6.18 Å². The van der Waals surface area contributed by atoms with E-state index >= 15 is 0 Å². The molecule has 0 bridgehead atoms. The second-order valence-corrected chi connectivity index (χ2v) is 9.45. The fourth-order valence-electron chi connectivity index (χ4n) is 4.93. The molecule has 9 nitrogen and oxygen atoms in total. The molecule has 4 N–H and O–H groups in total. The van der Waals surface area contributed by atoms with Gasteiger partial charge in [-0.05, 0) is 37.5 Å². The molecule has 1 aromatic heterocycles. The van der Waals surface area contributed by atoms with E-state index in [2.05, 4.69) is 20.6 Å². The van der Waals surface area contributed by atoms with E-state index in [-0.39, 0.29) is 40.7 Å². The first-order valence-corrected chi connectivity index (χ1v) is 12.0. The summed E-state index contributed by atoms with van der Waals surface area (Å²) in [5, 5.41) is 5.38. The van der Waals surface area contributed by atoms with Gasteiger partial charge in [-0.25, -0.2) is 9.97 Å². The number of hydrogen-bond donors (Lipinski definition) is 3. The van der Waals surface area contributed by atoms with Crippen molar-refractivity contribution in [3.63, 3.8) is 0 Å². The van der Waals surface area contributed by atoms with Crippen LogP contribution in [0.15, 0.2) is 24.5 Å². The minimum Gasteiger partial charge on any atom is -0.381 e. The number of nitrogens with two attached hydrogens (primary N) is 1. The lowest BCUT2D eigenvalue weighted by atomic mass is 9.87. The van der Waals surface area contributed by atoms with Crippen molar-refractivity contribution in [2.24, 2.45) is 5.92 Å². The number of nitrogens with one attached hydrogen (secondary N) is 2. The highest BCUT2D eigenvalue weighted by Crippen LogP contribution is 2.35. The van der Waals surface area contributed by atoms with Crippen LogP contribution in [0.25, 0.3) is 0 Å². The maximum atomic E-state index is 14.7. The average molecular weight is 544 g/mol. The van der Waals surface area contributed by atoms with Crippen LogP contribution in [0.4, 0.5) is 34.9 Å². The van der Waals surface area contributed by atoms with E-state index in [9.17, 15) is 27.2 Å². The van der Waals surface area contributed by atoms with E-state index in [0.717, 1.165) is 18.5 Å². The van der Waals surface area contributed by atoms with Crippen LogP contribution in [0.3, 0.4) is 0 Å². The van der Waals surface area contributed by atoms with Crippen LogP contribution in [0.2, 0.25) is 5.02 Å². The first-order valence-electron chi connectivity index (χ1n) is 11.7. The number of halogens is 5. The van der Waals surface area contributed by atoms with E-state index in [4.69, 9.17) is 17.3 Å². The summed E-state index contributed by atoms with van der Waals surface area (Å²) in [6.45, 7) is 0.745. The standard InChI is InChI=1S/C23H26ClF4N7O2/c1-30-21(36)15-4-6-34(20-18(25)19(29)31-11-32-20)10-17(15)35-5-2-3-16(22(35)37)33-14-8-12(23(26,27)28)7-13(24)9-14/h7-9,11,15-17,33H,2-6,10H2,1H3,(H,30,36)(H2,29,31,32)/t15-,16+,17-/m1/s1. The van der Waals surface area contributed by atoms with Crippen LogP contribution in [0.5, 0.6) is 0 Å². The normalized spacial score (nSPS) is 22.6. The van der Waals surface area contributed by atoms with Crippen LogP contribution in [0, 0.1) is 11.7 Å². The van der Waals surface area contributed by atoms with Gasteiger partial charge in [0.1, 0.15) is 12.4 Å². The molecule has 1 aromatic carbocycles. The molecule has 2 fully saturated rings. The lowest BCUT2D eigenvalue weighted by Crippen LogP contribution is -2.61. The van der Waals surface area contributed by atoms with Gasteiger partial charge in [0.2, 0.25) is 17.6 Å². The molecule has 3 atom stereocenters. The highest BCUT2D eigenvalue weighted by Gasteiger charge is 2.43. The fourth-order valence-corrected chi connectivity index (χ4v) is 5.16. The van der Waals surface area contributed by atoms with Crippen LogP contribution >= 0.6 is 11.6 Å². The molecule has 2 aromatic rings. The summed E-state index contributed by atoms with van der Waals surface area (Å²) in [7, 11) is 1.50.